The second-order valence-corrected chi connectivity index (χ2v) is 11.0. The number of hydrogen-bond acceptors (Lipinski definition) is 4. The van der Waals surface area contributed by atoms with Crippen LogP contribution in [0.1, 0.15) is 93.5 Å². The van der Waals surface area contributed by atoms with Crippen molar-refractivity contribution in [1.29, 1.82) is 0 Å². The van der Waals surface area contributed by atoms with Crippen molar-refractivity contribution in [2.75, 3.05) is 31.6 Å². The molecule has 0 bridgehead atoms. The molecule has 0 aliphatic carbocycles. The van der Waals surface area contributed by atoms with Crippen molar-refractivity contribution in [1.82, 2.24) is 4.90 Å². The molecule has 36 heavy (non-hydrogen) atoms. The highest BCUT2D eigenvalue weighted by Crippen LogP contribution is 2.38. The van der Waals surface area contributed by atoms with Gasteiger partial charge in [0.05, 0.1) is 6.61 Å². The molecule has 2 aromatic carbocycles. The number of likely N-dealkylation sites (tertiary alicyclic amines) is 1. The average molecular weight is 507 g/mol. The summed E-state index contributed by atoms with van der Waals surface area (Å²) in [5.74, 6) is 1.35. The SMILES string of the molecule is CCCCCCOc1ccc(C(=O)Nc2ccc3scc(C4CCN(CCCCC)CC4)c3c2)cc1. The molecule has 1 N–H and O–H groups in total. The minimum Gasteiger partial charge on any atom is -0.494 e. The highest BCUT2D eigenvalue weighted by atomic mass is 32.1. The summed E-state index contributed by atoms with van der Waals surface area (Å²) < 4.78 is 7.11. The number of benzene rings is 2. The number of carbonyl (C=O) groups is 1. The van der Waals surface area contributed by atoms with Crippen molar-refractivity contribution in [2.45, 2.75) is 77.6 Å². The van der Waals surface area contributed by atoms with E-state index in [1.165, 1.54) is 86.7 Å². The fraction of sp³-hybridized carbons (Fsp3) is 0.516. The third-order valence-electron chi connectivity index (χ3n) is 7.35. The minimum absolute atomic E-state index is 0.0824. The quantitative estimate of drug-likeness (QED) is 0.236. The van der Waals surface area contributed by atoms with Gasteiger partial charge in [-0.3, -0.25) is 4.79 Å². The van der Waals surface area contributed by atoms with Crippen LogP contribution in [-0.4, -0.2) is 37.0 Å². The number of unbranched alkanes of at least 4 members (excludes halogenated alkanes) is 5. The van der Waals surface area contributed by atoms with Crippen LogP contribution in [-0.2, 0) is 0 Å². The minimum atomic E-state index is -0.0824. The van der Waals surface area contributed by atoms with E-state index >= 15 is 0 Å². The van der Waals surface area contributed by atoms with Crippen LogP contribution in [0.5, 0.6) is 5.75 Å². The second-order valence-electron chi connectivity index (χ2n) is 10.1. The van der Waals surface area contributed by atoms with Gasteiger partial charge in [0.2, 0.25) is 0 Å². The number of fused-ring (bicyclic) bond motifs is 1. The average Bonchev–Trinajstić information content (AvgIpc) is 3.33. The van der Waals surface area contributed by atoms with E-state index in [0.717, 1.165) is 24.5 Å². The Morgan fingerprint density at radius 3 is 2.47 bits per heavy atom. The third kappa shape index (κ3) is 7.33. The number of nitrogens with zero attached hydrogens (tertiary/aromatic N) is 1. The van der Waals surface area contributed by atoms with Crippen LogP contribution < -0.4 is 10.1 Å². The summed E-state index contributed by atoms with van der Waals surface area (Å²) in [7, 11) is 0. The van der Waals surface area contributed by atoms with Crippen LogP contribution in [0.3, 0.4) is 0 Å². The zero-order valence-corrected chi connectivity index (χ0v) is 22.9. The Hall–Kier alpha value is -2.37. The van der Waals surface area contributed by atoms with Crippen LogP contribution in [0.4, 0.5) is 5.69 Å². The van der Waals surface area contributed by atoms with E-state index < -0.39 is 0 Å². The van der Waals surface area contributed by atoms with Gasteiger partial charge in [0, 0.05) is 16.0 Å². The molecule has 0 atom stereocenters. The van der Waals surface area contributed by atoms with Gasteiger partial charge in [0.15, 0.2) is 0 Å². The Balaban J connectivity index is 1.33. The molecule has 1 amide bonds. The largest absolute Gasteiger partial charge is 0.494 e. The first-order valence-corrected chi connectivity index (χ1v) is 14.8. The number of carbonyl (C=O) groups excluding carboxylic acids is 1. The van der Waals surface area contributed by atoms with E-state index in [0.29, 0.717) is 11.5 Å². The van der Waals surface area contributed by atoms with Gasteiger partial charge in [0.25, 0.3) is 5.91 Å². The predicted molar refractivity (Wildman–Crippen MR) is 154 cm³/mol. The molecule has 194 valence electrons. The molecule has 1 saturated heterocycles. The zero-order valence-electron chi connectivity index (χ0n) is 22.1. The van der Waals surface area contributed by atoms with Crippen LogP contribution in [0, 0.1) is 0 Å². The van der Waals surface area contributed by atoms with Crippen LogP contribution in [0.15, 0.2) is 47.8 Å². The monoisotopic (exact) mass is 506 g/mol. The Bertz CT molecular complexity index is 1080. The van der Waals surface area contributed by atoms with Gasteiger partial charge >= 0.3 is 0 Å². The highest BCUT2D eigenvalue weighted by Gasteiger charge is 2.23. The molecule has 5 heteroatoms. The molecule has 0 saturated carbocycles. The summed E-state index contributed by atoms with van der Waals surface area (Å²) >= 11 is 1.82. The molecule has 1 aromatic heterocycles. The van der Waals surface area contributed by atoms with Gasteiger partial charge in [-0.25, -0.2) is 0 Å². The van der Waals surface area contributed by atoms with Gasteiger partial charge in [-0.05, 0) is 110 Å². The Morgan fingerprint density at radius 1 is 0.972 bits per heavy atom. The topological polar surface area (TPSA) is 41.6 Å². The van der Waals surface area contributed by atoms with Gasteiger partial charge < -0.3 is 15.0 Å². The van der Waals surface area contributed by atoms with Crippen molar-refractivity contribution in [3.8, 4) is 5.75 Å². The van der Waals surface area contributed by atoms with E-state index in [-0.39, 0.29) is 5.91 Å². The maximum absolute atomic E-state index is 12.9. The molecule has 0 spiro atoms. The summed E-state index contributed by atoms with van der Waals surface area (Å²) in [6.07, 6.45) is 11.1. The standard InChI is InChI=1S/C31H42N2O2S/c1-3-5-7-9-21-35-27-13-10-25(11-14-27)31(34)32-26-12-15-30-28(22-26)29(23-36-30)24-16-19-33(20-17-24)18-8-6-4-2/h10-15,22-24H,3-9,16-21H2,1-2H3,(H,32,34). The van der Waals surface area contributed by atoms with Crippen molar-refractivity contribution >= 4 is 33.0 Å². The normalized spacial score (nSPS) is 14.8. The molecule has 1 fully saturated rings. The molecule has 2 heterocycles. The number of nitrogens with one attached hydrogen (secondary N) is 1. The lowest BCUT2D eigenvalue weighted by Crippen LogP contribution is -2.33. The van der Waals surface area contributed by atoms with Crippen molar-refractivity contribution < 1.29 is 9.53 Å². The van der Waals surface area contributed by atoms with Gasteiger partial charge in [0.1, 0.15) is 5.75 Å². The van der Waals surface area contributed by atoms with E-state index in [2.05, 4.69) is 41.6 Å². The number of ether oxygens (including phenoxy) is 1. The number of amides is 1. The van der Waals surface area contributed by atoms with Crippen molar-refractivity contribution in [3.05, 3.63) is 59.0 Å². The molecule has 1 aliphatic rings. The van der Waals surface area contributed by atoms with Gasteiger partial charge in [-0.15, -0.1) is 11.3 Å². The van der Waals surface area contributed by atoms with Crippen molar-refractivity contribution in [3.63, 3.8) is 0 Å². The lowest BCUT2D eigenvalue weighted by molar-refractivity contribution is 0.102. The summed E-state index contributed by atoms with van der Waals surface area (Å²) in [6.45, 7) is 8.84. The fourth-order valence-electron chi connectivity index (χ4n) is 5.12. The summed E-state index contributed by atoms with van der Waals surface area (Å²) in [5, 5.41) is 6.75. The van der Waals surface area contributed by atoms with E-state index in [4.69, 9.17) is 4.74 Å². The molecule has 1 aliphatic heterocycles. The Kier molecular flexibility index (Phi) is 10.2. The van der Waals surface area contributed by atoms with Crippen LogP contribution in [0.2, 0.25) is 0 Å². The molecule has 4 nitrogen and oxygen atoms in total. The number of rotatable bonds is 13. The highest BCUT2D eigenvalue weighted by molar-refractivity contribution is 7.17. The first kappa shape index (κ1) is 26.7. The fourth-order valence-corrected chi connectivity index (χ4v) is 6.14. The molecule has 0 unspecified atom stereocenters. The van der Waals surface area contributed by atoms with E-state index in [1.807, 2.05) is 41.7 Å². The molecular formula is C31H42N2O2S. The van der Waals surface area contributed by atoms with Gasteiger partial charge in [-0.2, -0.15) is 0 Å². The lowest BCUT2D eigenvalue weighted by Gasteiger charge is -2.32. The predicted octanol–water partition coefficient (Wildman–Crippen LogP) is 8.48. The molecular weight excluding hydrogens is 464 g/mol. The van der Waals surface area contributed by atoms with E-state index in [9.17, 15) is 4.79 Å². The van der Waals surface area contributed by atoms with Gasteiger partial charge in [-0.1, -0.05) is 46.0 Å². The second kappa shape index (κ2) is 13.8. The lowest BCUT2D eigenvalue weighted by atomic mass is 9.89. The molecule has 0 radical (unpaired) electrons. The third-order valence-corrected chi connectivity index (χ3v) is 8.33. The first-order valence-electron chi connectivity index (χ1n) is 14.0. The van der Waals surface area contributed by atoms with Crippen LogP contribution >= 0.6 is 11.3 Å². The van der Waals surface area contributed by atoms with Crippen LogP contribution in [0.25, 0.3) is 10.1 Å². The smallest absolute Gasteiger partial charge is 0.255 e. The van der Waals surface area contributed by atoms with Crippen molar-refractivity contribution in [2.24, 2.45) is 0 Å². The number of anilines is 1. The molecule has 4 rings (SSSR count). The summed E-state index contributed by atoms with van der Waals surface area (Å²) in [4.78, 5) is 15.5. The molecule has 3 aromatic rings. The number of hydrogen-bond donors (Lipinski definition) is 1. The summed E-state index contributed by atoms with van der Waals surface area (Å²) in [6, 6.07) is 13.8. The maximum atomic E-state index is 12.9. The summed E-state index contributed by atoms with van der Waals surface area (Å²) in [5.41, 5.74) is 2.97. The first-order chi connectivity index (χ1) is 17.7. The van der Waals surface area contributed by atoms with E-state index in [1.54, 1.807) is 0 Å². The zero-order chi connectivity index (χ0) is 25.2. The Morgan fingerprint density at radius 2 is 1.72 bits per heavy atom. The number of piperidine rings is 1. The maximum Gasteiger partial charge on any atom is 0.255 e. The Labute approximate surface area is 221 Å². The number of thiophene rings is 1.